The highest BCUT2D eigenvalue weighted by molar-refractivity contribution is 5.89. The Morgan fingerprint density at radius 3 is 2.38 bits per heavy atom. The molecule has 0 saturated heterocycles. The highest BCUT2D eigenvalue weighted by atomic mass is 16.7. The molecule has 1 aliphatic rings. The van der Waals surface area contributed by atoms with Gasteiger partial charge in [0.25, 0.3) is 0 Å². The van der Waals surface area contributed by atoms with E-state index in [2.05, 4.69) is 17.1 Å². The van der Waals surface area contributed by atoms with Crippen LogP contribution in [0.5, 0.6) is 23.0 Å². The van der Waals surface area contributed by atoms with Crippen molar-refractivity contribution in [2.24, 2.45) is 0 Å². The van der Waals surface area contributed by atoms with Crippen molar-refractivity contribution in [2.75, 3.05) is 21.0 Å². The molecule has 0 aliphatic carbocycles. The fourth-order valence-electron chi connectivity index (χ4n) is 3.01. The van der Waals surface area contributed by atoms with Gasteiger partial charge in [0.2, 0.25) is 18.3 Å². The number of aromatic nitrogens is 1. The van der Waals surface area contributed by atoms with E-state index in [9.17, 15) is 0 Å². The summed E-state index contributed by atoms with van der Waals surface area (Å²) in [4.78, 5) is 3.18. The van der Waals surface area contributed by atoms with Crippen molar-refractivity contribution in [2.45, 2.75) is 0 Å². The minimum atomic E-state index is 0.157. The number of aromatic amines is 1. The molecule has 1 N–H and O–H groups in total. The van der Waals surface area contributed by atoms with Gasteiger partial charge in [-0.3, -0.25) is 0 Å². The van der Waals surface area contributed by atoms with Gasteiger partial charge in [0.05, 0.1) is 14.2 Å². The predicted octanol–water partition coefficient (Wildman–Crippen LogP) is 4.09. The number of ether oxygens (including phenoxy) is 4. The summed E-state index contributed by atoms with van der Waals surface area (Å²) in [6.45, 7) is 0.157. The number of nitrogens with one attached hydrogen (secondary N) is 1. The molecule has 2 aromatic carbocycles. The summed E-state index contributed by atoms with van der Waals surface area (Å²) in [5.74, 6) is 2.42. The van der Waals surface area contributed by atoms with Crippen LogP contribution in [0.25, 0.3) is 22.3 Å². The highest BCUT2D eigenvalue weighted by Gasteiger charge is 2.28. The van der Waals surface area contributed by atoms with Gasteiger partial charge in [0.15, 0.2) is 11.5 Å². The van der Waals surface area contributed by atoms with Crippen molar-refractivity contribution in [3.63, 3.8) is 0 Å². The number of H-pyrrole nitrogens is 1. The Bertz CT molecular complexity index is 871. The molecule has 24 heavy (non-hydrogen) atoms. The Labute approximate surface area is 139 Å². The standard InChI is InChI=1S/C19H17NO4/c1-21-16-8-13(17(22-2)19-18(16)23-11-24-19)15-10-20-9-14(15)12-6-4-3-5-7-12/h3-10,20H,11H2,1-2H3. The molecule has 0 bridgehead atoms. The van der Waals surface area contributed by atoms with Crippen molar-refractivity contribution in [3.05, 3.63) is 48.8 Å². The summed E-state index contributed by atoms with van der Waals surface area (Å²) in [6.07, 6.45) is 3.92. The van der Waals surface area contributed by atoms with Crippen LogP contribution in [0.4, 0.5) is 0 Å². The topological polar surface area (TPSA) is 52.7 Å². The van der Waals surface area contributed by atoms with Gasteiger partial charge in [-0.25, -0.2) is 0 Å². The first-order valence-corrected chi connectivity index (χ1v) is 7.60. The first-order chi connectivity index (χ1) is 11.8. The van der Waals surface area contributed by atoms with Gasteiger partial charge in [-0.2, -0.15) is 0 Å². The van der Waals surface area contributed by atoms with Gasteiger partial charge >= 0.3 is 0 Å². The molecule has 2 heterocycles. The zero-order valence-corrected chi connectivity index (χ0v) is 13.5. The van der Waals surface area contributed by atoms with Crippen LogP contribution in [0.3, 0.4) is 0 Å². The second kappa shape index (κ2) is 5.85. The van der Waals surface area contributed by atoms with Crippen molar-refractivity contribution < 1.29 is 18.9 Å². The second-order valence-electron chi connectivity index (χ2n) is 5.37. The molecule has 0 fully saturated rings. The monoisotopic (exact) mass is 323 g/mol. The third-order valence-electron chi connectivity index (χ3n) is 4.11. The third-order valence-corrected chi connectivity index (χ3v) is 4.11. The van der Waals surface area contributed by atoms with Gasteiger partial charge in [-0.1, -0.05) is 30.3 Å². The van der Waals surface area contributed by atoms with Gasteiger partial charge < -0.3 is 23.9 Å². The number of hydrogen-bond acceptors (Lipinski definition) is 4. The molecule has 0 unspecified atom stereocenters. The molecule has 3 aromatic rings. The van der Waals surface area contributed by atoms with Crippen LogP contribution in [0.1, 0.15) is 0 Å². The molecule has 5 heteroatoms. The van der Waals surface area contributed by atoms with Gasteiger partial charge in [-0.15, -0.1) is 0 Å². The molecule has 0 radical (unpaired) electrons. The van der Waals surface area contributed by atoms with Crippen LogP contribution in [-0.4, -0.2) is 26.0 Å². The van der Waals surface area contributed by atoms with E-state index in [4.69, 9.17) is 18.9 Å². The van der Waals surface area contributed by atoms with Crippen molar-refractivity contribution in [1.29, 1.82) is 0 Å². The average Bonchev–Trinajstić information content (AvgIpc) is 3.30. The van der Waals surface area contributed by atoms with Gasteiger partial charge in [0.1, 0.15) is 0 Å². The summed E-state index contributed by atoms with van der Waals surface area (Å²) < 4.78 is 22.2. The van der Waals surface area contributed by atoms with E-state index in [1.165, 1.54) is 0 Å². The molecule has 5 nitrogen and oxygen atoms in total. The van der Waals surface area contributed by atoms with E-state index in [1.807, 2.05) is 36.7 Å². The first kappa shape index (κ1) is 14.5. The second-order valence-corrected chi connectivity index (χ2v) is 5.37. The van der Waals surface area contributed by atoms with E-state index < -0.39 is 0 Å². The maximum atomic E-state index is 5.63. The number of hydrogen-bond donors (Lipinski definition) is 1. The lowest BCUT2D eigenvalue weighted by Crippen LogP contribution is -1.94. The van der Waals surface area contributed by atoms with Crippen LogP contribution < -0.4 is 18.9 Å². The summed E-state index contributed by atoms with van der Waals surface area (Å²) in [5.41, 5.74) is 4.09. The Kier molecular flexibility index (Phi) is 3.54. The zero-order valence-electron chi connectivity index (χ0n) is 13.5. The Morgan fingerprint density at radius 2 is 1.62 bits per heavy atom. The lowest BCUT2D eigenvalue weighted by Gasteiger charge is -2.14. The Balaban J connectivity index is 1.94. The van der Waals surface area contributed by atoms with Crippen LogP contribution >= 0.6 is 0 Å². The molecule has 0 atom stereocenters. The quantitative estimate of drug-likeness (QED) is 0.785. The third kappa shape index (κ3) is 2.17. The Hall–Kier alpha value is -3.08. The average molecular weight is 323 g/mol. The lowest BCUT2D eigenvalue weighted by atomic mass is 9.97. The molecule has 1 aromatic heterocycles. The summed E-state index contributed by atoms with van der Waals surface area (Å²) in [5, 5.41) is 0. The summed E-state index contributed by atoms with van der Waals surface area (Å²) >= 11 is 0. The minimum Gasteiger partial charge on any atom is -0.493 e. The number of benzene rings is 2. The molecular weight excluding hydrogens is 306 g/mol. The minimum absolute atomic E-state index is 0.157. The smallest absolute Gasteiger partial charge is 0.231 e. The SMILES string of the molecule is COc1cc(-c2c[nH]cc2-c2ccccc2)c(OC)c2c1OCO2. The fourth-order valence-corrected chi connectivity index (χ4v) is 3.01. The molecule has 4 rings (SSSR count). The summed E-state index contributed by atoms with van der Waals surface area (Å²) in [6, 6.07) is 12.1. The van der Waals surface area contributed by atoms with Gasteiger partial charge in [-0.05, 0) is 11.6 Å². The van der Waals surface area contributed by atoms with E-state index in [-0.39, 0.29) is 6.79 Å². The maximum Gasteiger partial charge on any atom is 0.231 e. The molecule has 0 amide bonds. The molecular formula is C19H17NO4. The van der Waals surface area contributed by atoms with Gasteiger partial charge in [0, 0.05) is 29.1 Å². The van der Waals surface area contributed by atoms with Crippen molar-refractivity contribution in [1.82, 2.24) is 4.98 Å². The van der Waals surface area contributed by atoms with Crippen LogP contribution in [0.15, 0.2) is 48.8 Å². The Morgan fingerprint density at radius 1 is 0.875 bits per heavy atom. The van der Waals surface area contributed by atoms with Crippen LogP contribution in [0, 0.1) is 0 Å². The molecule has 0 saturated carbocycles. The van der Waals surface area contributed by atoms with Crippen molar-refractivity contribution in [3.8, 4) is 45.3 Å². The normalized spacial score (nSPS) is 12.2. The van der Waals surface area contributed by atoms with E-state index in [0.29, 0.717) is 23.0 Å². The van der Waals surface area contributed by atoms with E-state index in [1.54, 1.807) is 14.2 Å². The number of fused-ring (bicyclic) bond motifs is 1. The zero-order chi connectivity index (χ0) is 16.5. The number of rotatable bonds is 4. The largest absolute Gasteiger partial charge is 0.493 e. The molecule has 122 valence electrons. The van der Waals surface area contributed by atoms with E-state index >= 15 is 0 Å². The summed E-state index contributed by atoms with van der Waals surface area (Å²) in [7, 11) is 3.24. The lowest BCUT2D eigenvalue weighted by molar-refractivity contribution is 0.168. The first-order valence-electron chi connectivity index (χ1n) is 7.60. The molecule has 1 aliphatic heterocycles. The van der Waals surface area contributed by atoms with E-state index in [0.717, 1.165) is 22.3 Å². The maximum absolute atomic E-state index is 5.63. The van der Waals surface area contributed by atoms with Crippen molar-refractivity contribution >= 4 is 0 Å². The molecule has 0 spiro atoms. The number of methoxy groups -OCH3 is 2. The van der Waals surface area contributed by atoms with Crippen LogP contribution in [-0.2, 0) is 0 Å². The highest BCUT2D eigenvalue weighted by Crippen LogP contribution is 2.53. The van der Waals surface area contributed by atoms with Crippen LogP contribution in [0.2, 0.25) is 0 Å². The fraction of sp³-hybridized carbons (Fsp3) is 0.158. The predicted molar refractivity (Wildman–Crippen MR) is 90.9 cm³/mol.